The van der Waals surface area contributed by atoms with Gasteiger partial charge in [0.15, 0.2) is 0 Å². The van der Waals surface area contributed by atoms with Gasteiger partial charge in [0.1, 0.15) is 0 Å². The van der Waals surface area contributed by atoms with Gasteiger partial charge in [-0.2, -0.15) is 5.10 Å². The predicted molar refractivity (Wildman–Crippen MR) is 45.4 cm³/mol. The van der Waals surface area contributed by atoms with Crippen LogP contribution >= 0.6 is 0 Å². The number of aromatic nitrogens is 2. The zero-order valence-corrected chi connectivity index (χ0v) is 7.33. The fourth-order valence-corrected chi connectivity index (χ4v) is 1.13. The van der Waals surface area contributed by atoms with E-state index < -0.39 is 0 Å². The lowest BCUT2D eigenvalue weighted by Gasteiger charge is -2.06. The SMILES string of the molecule is Cc1cc(C)n(C[C@H](C)N)n1. The number of nitrogens with zero attached hydrogens (tertiary/aromatic N) is 2. The van der Waals surface area contributed by atoms with E-state index in [0.717, 1.165) is 12.2 Å². The van der Waals surface area contributed by atoms with Crippen molar-refractivity contribution in [3.8, 4) is 0 Å². The van der Waals surface area contributed by atoms with Gasteiger partial charge in [0, 0.05) is 11.7 Å². The second kappa shape index (κ2) is 3.05. The summed E-state index contributed by atoms with van der Waals surface area (Å²) < 4.78 is 1.94. The average Bonchev–Trinajstić information content (AvgIpc) is 2.09. The van der Waals surface area contributed by atoms with Gasteiger partial charge in [0.25, 0.3) is 0 Å². The first kappa shape index (κ1) is 8.27. The lowest BCUT2D eigenvalue weighted by Crippen LogP contribution is -2.23. The molecule has 1 aromatic rings. The summed E-state index contributed by atoms with van der Waals surface area (Å²) in [7, 11) is 0. The smallest absolute Gasteiger partial charge is 0.0596 e. The van der Waals surface area contributed by atoms with Crippen LogP contribution in [0.4, 0.5) is 0 Å². The normalized spacial score (nSPS) is 13.5. The molecule has 0 aromatic carbocycles. The molecule has 3 nitrogen and oxygen atoms in total. The molecule has 0 aliphatic rings. The molecular formula is C8H15N3. The maximum Gasteiger partial charge on any atom is 0.0596 e. The first-order valence-corrected chi connectivity index (χ1v) is 3.86. The maximum atomic E-state index is 5.64. The van der Waals surface area contributed by atoms with E-state index in [4.69, 9.17) is 5.73 Å². The van der Waals surface area contributed by atoms with Crippen LogP contribution < -0.4 is 5.73 Å². The third-order valence-corrected chi connectivity index (χ3v) is 1.56. The van der Waals surface area contributed by atoms with E-state index in [-0.39, 0.29) is 6.04 Å². The zero-order valence-electron chi connectivity index (χ0n) is 7.33. The summed E-state index contributed by atoms with van der Waals surface area (Å²) >= 11 is 0. The highest BCUT2D eigenvalue weighted by Crippen LogP contribution is 2.01. The first-order chi connectivity index (χ1) is 5.09. The zero-order chi connectivity index (χ0) is 8.43. The Morgan fingerprint density at radius 1 is 1.64 bits per heavy atom. The van der Waals surface area contributed by atoms with E-state index in [2.05, 4.69) is 11.2 Å². The second-order valence-electron chi connectivity index (χ2n) is 3.09. The molecule has 0 spiro atoms. The highest BCUT2D eigenvalue weighted by atomic mass is 15.3. The van der Waals surface area contributed by atoms with Crippen LogP contribution in [0.1, 0.15) is 18.3 Å². The molecule has 3 heteroatoms. The van der Waals surface area contributed by atoms with Crippen molar-refractivity contribution in [1.82, 2.24) is 9.78 Å². The molecule has 62 valence electrons. The summed E-state index contributed by atoms with van der Waals surface area (Å²) in [5, 5.41) is 4.29. The van der Waals surface area contributed by atoms with Crippen LogP contribution in [-0.2, 0) is 6.54 Å². The summed E-state index contributed by atoms with van der Waals surface area (Å²) in [6, 6.07) is 2.23. The Kier molecular flexibility index (Phi) is 2.29. The molecular weight excluding hydrogens is 138 g/mol. The Balaban J connectivity index is 2.77. The largest absolute Gasteiger partial charge is 0.326 e. The van der Waals surface area contributed by atoms with Crippen molar-refractivity contribution in [2.24, 2.45) is 5.73 Å². The van der Waals surface area contributed by atoms with Gasteiger partial charge in [0.05, 0.1) is 12.2 Å². The molecule has 0 saturated carbocycles. The third-order valence-electron chi connectivity index (χ3n) is 1.56. The molecule has 1 heterocycles. The quantitative estimate of drug-likeness (QED) is 0.684. The highest BCUT2D eigenvalue weighted by molar-refractivity contribution is 5.06. The summed E-state index contributed by atoms with van der Waals surface area (Å²) in [5.41, 5.74) is 7.88. The van der Waals surface area contributed by atoms with Crippen LogP contribution in [0.5, 0.6) is 0 Å². The number of rotatable bonds is 2. The predicted octanol–water partition coefficient (Wildman–Crippen LogP) is 0.847. The molecule has 1 atom stereocenters. The van der Waals surface area contributed by atoms with Crippen molar-refractivity contribution < 1.29 is 0 Å². The fraction of sp³-hybridized carbons (Fsp3) is 0.625. The lowest BCUT2D eigenvalue weighted by atomic mass is 10.3. The molecule has 2 N–H and O–H groups in total. The average molecular weight is 153 g/mol. The minimum atomic E-state index is 0.174. The molecule has 0 unspecified atom stereocenters. The monoisotopic (exact) mass is 153 g/mol. The summed E-state index contributed by atoms with van der Waals surface area (Å²) in [6.45, 7) is 6.82. The Morgan fingerprint density at radius 3 is 2.64 bits per heavy atom. The number of hydrogen-bond donors (Lipinski definition) is 1. The molecule has 0 amide bonds. The van der Waals surface area contributed by atoms with Gasteiger partial charge in [-0.25, -0.2) is 0 Å². The van der Waals surface area contributed by atoms with E-state index in [1.54, 1.807) is 0 Å². The van der Waals surface area contributed by atoms with Gasteiger partial charge in [-0.15, -0.1) is 0 Å². The van der Waals surface area contributed by atoms with Crippen LogP contribution in [-0.4, -0.2) is 15.8 Å². The lowest BCUT2D eigenvalue weighted by molar-refractivity contribution is 0.525. The summed E-state index contributed by atoms with van der Waals surface area (Å²) in [4.78, 5) is 0. The first-order valence-electron chi connectivity index (χ1n) is 3.86. The Labute approximate surface area is 67.2 Å². The van der Waals surface area contributed by atoms with E-state index in [9.17, 15) is 0 Å². The number of aryl methyl sites for hydroxylation is 2. The van der Waals surface area contributed by atoms with Gasteiger partial charge in [0.2, 0.25) is 0 Å². The second-order valence-corrected chi connectivity index (χ2v) is 3.09. The van der Waals surface area contributed by atoms with Crippen LogP contribution in [0.25, 0.3) is 0 Å². The minimum absolute atomic E-state index is 0.174. The molecule has 1 aromatic heterocycles. The van der Waals surface area contributed by atoms with Crippen molar-refractivity contribution in [3.63, 3.8) is 0 Å². The van der Waals surface area contributed by atoms with Gasteiger partial charge >= 0.3 is 0 Å². The maximum absolute atomic E-state index is 5.64. The molecule has 0 aliphatic heterocycles. The van der Waals surface area contributed by atoms with Crippen molar-refractivity contribution in [3.05, 3.63) is 17.5 Å². The molecule has 0 bridgehead atoms. The highest BCUT2D eigenvalue weighted by Gasteiger charge is 2.01. The van der Waals surface area contributed by atoms with Crippen molar-refractivity contribution in [2.45, 2.75) is 33.4 Å². The Hall–Kier alpha value is -0.830. The van der Waals surface area contributed by atoms with E-state index in [1.807, 2.05) is 25.5 Å². The number of nitrogens with two attached hydrogens (primary N) is 1. The summed E-state index contributed by atoms with van der Waals surface area (Å²) in [6.07, 6.45) is 0. The third kappa shape index (κ3) is 2.05. The Morgan fingerprint density at radius 2 is 2.27 bits per heavy atom. The van der Waals surface area contributed by atoms with Gasteiger partial charge in [-0.05, 0) is 26.8 Å². The van der Waals surface area contributed by atoms with Crippen molar-refractivity contribution in [2.75, 3.05) is 0 Å². The van der Waals surface area contributed by atoms with E-state index in [1.165, 1.54) is 5.69 Å². The molecule has 0 fully saturated rings. The van der Waals surface area contributed by atoms with Gasteiger partial charge < -0.3 is 5.73 Å². The molecule has 0 radical (unpaired) electrons. The van der Waals surface area contributed by atoms with Gasteiger partial charge in [-0.1, -0.05) is 0 Å². The molecule has 0 aliphatic carbocycles. The van der Waals surface area contributed by atoms with Crippen LogP contribution in [0.3, 0.4) is 0 Å². The molecule has 1 rings (SSSR count). The van der Waals surface area contributed by atoms with Crippen molar-refractivity contribution in [1.29, 1.82) is 0 Å². The van der Waals surface area contributed by atoms with E-state index >= 15 is 0 Å². The van der Waals surface area contributed by atoms with Crippen LogP contribution in [0.2, 0.25) is 0 Å². The standard InChI is InChI=1S/C8H15N3/c1-6(9)5-11-8(3)4-7(2)10-11/h4,6H,5,9H2,1-3H3/t6-/m0/s1. The topological polar surface area (TPSA) is 43.8 Å². The number of hydrogen-bond acceptors (Lipinski definition) is 2. The summed E-state index contributed by atoms with van der Waals surface area (Å²) in [5.74, 6) is 0. The van der Waals surface area contributed by atoms with Crippen LogP contribution in [0, 0.1) is 13.8 Å². The van der Waals surface area contributed by atoms with Crippen molar-refractivity contribution >= 4 is 0 Å². The fourth-order valence-electron chi connectivity index (χ4n) is 1.13. The molecule has 11 heavy (non-hydrogen) atoms. The van der Waals surface area contributed by atoms with Gasteiger partial charge in [-0.3, -0.25) is 4.68 Å². The van der Waals surface area contributed by atoms with Crippen LogP contribution in [0.15, 0.2) is 6.07 Å². The Bertz CT molecular complexity index is 237. The van der Waals surface area contributed by atoms with E-state index in [0.29, 0.717) is 0 Å². The molecule has 0 saturated heterocycles. The minimum Gasteiger partial charge on any atom is -0.326 e.